The number of rotatable bonds is 3. The summed E-state index contributed by atoms with van der Waals surface area (Å²) in [7, 11) is 0. The maximum absolute atomic E-state index is 12.0. The summed E-state index contributed by atoms with van der Waals surface area (Å²) >= 11 is 0. The second-order valence-electron chi connectivity index (χ2n) is 6.17. The summed E-state index contributed by atoms with van der Waals surface area (Å²) in [6.07, 6.45) is 9.71. The Balaban J connectivity index is 0.00000108. The molecule has 0 spiro atoms. The van der Waals surface area contributed by atoms with Crippen molar-refractivity contribution in [1.82, 2.24) is 5.32 Å². The van der Waals surface area contributed by atoms with Gasteiger partial charge in [-0.15, -0.1) is 12.4 Å². The van der Waals surface area contributed by atoms with E-state index >= 15 is 0 Å². The second kappa shape index (κ2) is 4.77. The third-order valence-electron chi connectivity index (χ3n) is 4.89. The lowest BCUT2D eigenvalue weighted by atomic mass is 9.50. The van der Waals surface area contributed by atoms with E-state index in [1.807, 2.05) is 0 Å². The predicted octanol–water partition coefficient (Wildman–Crippen LogP) is 1.98. The summed E-state index contributed by atoms with van der Waals surface area (Å²) in [5.41, 5.74) is 6.27. The molecule has 4 aliphatic rings. The maximum Gasteiger partial charge on any atom is 0.237 e. The van der Waals surface area contributed by atoms with Crippen molar-refractivity contribution in [1.29, 1.82) is 0 Å². The van der Waals surface area contributed by atoms with Gasteiger partial charge in [-0.05, 0) is 43.9 Å². The van der Waals surface area contributed by atoms with Crippen LogP contribution in [0.4, 0.5) is 0 Å². The first kappa shape index (κ1) is 13.2. The van der Waals surface area contributed by atoms with Crippen molar-refractivity contribution in [3.8, 4) is 0 Å². The number of nitrogens with one attached hydrogen (secondary N) is 1. The van der Waals surface area contributed by atoms with Crippen LogP contribution in [0.25, 0.3) is 0 Å². The van der Waals surface area contributed by atoms with Crippen LogP contribution in [-0.2, 0) is 4.79 Å². The molecule has 0 aromatic heterocycles. The quantitative estimate of drug-likeness (QED) is 0.813. The van der Waals surface area contributed by atoms with E-state index in [1.54, 1.807) is 0 Å². The smallest absolute Gasteiger partial charge is 0.237 e. The Bertz CT molecular complexity index is 285. The lowest BCUT2D eigenvalue weighted by Crippen LogP contribution is -2.70. The molecular formula is C13H23ClN2O. The van der Waals surface area contributed by atoms with Crippen molar-refractivity contribution in [2.75, 3.05) is 0 Å². The Morgan fingerprint density at radius 2 is 1.76 bits per heavy atom. The second-order valence-corrected chi connectivity index (χ2v) is 6.17. The summed E-state index contributed by atoms with van der Waals surface area (Å²) in [6, 6.07) is -0.255. The summed E-state index contributed by atoms with van der Waals surface area (Å²) in [6.45, 7) is 0. The van der Waals surface area contributed by atoms with Crippen LogP contribution < -0.4 is 11.1 Å². The fourth-order valence-electron chi connectivity index (χ4n) is 3.68. The molecule has 3 N–H and O–H groups in total. The Hall–Kier alpha value is -0.280. The molecule has 1 atom stereocenters. The predicted molar refractivity (Wildman–Crippen MR) is 70.0 cm³/mol. The van der Waals surface area contributed by atoms with Crippen LogP contribution in [0.15, 0.2) is 0 Å². The number of halogens is 1. The highest BCUT2D eigenvalue weighted by Crippen LogP contribution is 2.56. The lowest BCUT2D eigenvalue weighted by molar-refractivity contribution is -0.135. The van der Waals surface area contributed by atoms with Gasteiger partial charge in [-0.3, -0.25) is 4.79 Å². The van der Waals surface area contributed by atoms with Gasteiger partial charge in [0, 0.05) is 5.54 Å². The third kappa shape index (κ3) is 2.32. The van der Waals surface area contributed by atoms with E-state index in [2.05, 4.69) is 5.32 Å². The molecule has 0 saturated heterocycles. The minimum absolute atomic E-state index is 0. The molecule has 17 heavy (non-hydrogen) atoms. The van der Waals surface area contributed by atoms with Crippen LogP contribution >= 0.6 is 12.4 Å². The van der Waals surface area contributed by atoms with Crippen LogP contribution in [0.5, 0.6) is 0 Å². The fourth-order valence-corrected chi connectivity index (χ4v) is 3.68. The summed E-state index contributed by atoms with van der Waals surface area (Å²) in [5.74, 6) is 1.46. The third-order valence-corrected chi connectivity index (χ3v) is 4.89. The Morgan fingerprint density at radius 1 is 1.18 bits per heavy atom. The molecule has 4 fully saturated rings. The number of hydrogen-bond donors (Lipinski definition) is 2. The Labute approximate surface area is 109 Å². The SMILES string of the molecule is Cl.N[C@@H](C(=O)NC12CC(C1)C2)C1CCCCC1. The van der Waals surface area contributed by atoms with E-state index < -0.39 is 0 Å². The summed E-state index contributed by atoms with van der Waals surface area (Å²) in [5, 5.41) is 3.19. The van der Waals surface area contributed by atoms with E-state index in [-0.39, 0.29) is 29.9 Å². The number of nitrogens with two attached hydrogens (primary N) is 1. The molecule has 4 aliphatic carbocycles. The molecule has 0 heterocycles. The molecule has 2 bridgehead atoms. The molecule has 0 aliphatic heterocycles. The monoisotopic (exact) mass is 258 g/mol. The largest absolute Gasteiger partial charge is 0.349 e. The maximum atomic E-state index is 12.0. The van der Waals surface area contributed by atoms with E-state index in [4.69, 9.17) is 5.73 Å². The highest BCUT2D eigenvalue weighted by Gasteiger charge is 2.57. The lowest BCUT2D eigenvalue weighted by Gasteiger charge is -2.62. The van der Waals surface area contributed by atoms with E-state index in [1.165, 1.54) is 38.5 Å². The number of amides is 1. The summed E-state index contributed by atoms with van der Waals surface area (Å²) < 4.78 is 0. The topological polar surface area (TPSA) is 55.1 Å². The molecule has 1 amide bonds. The molecule has 98 valence electrons. The molecule has 4 rings (SSSR count). The van der Waals surface area contributed by atoms with Crippen LogP contribution in [-0.4, -0.2) is 17.5 Å². The zero-order valence-corrected chi connectivity index (χ0v) is 11.1. The molecule has 0 unspecified atom stereocenters. The van der Waals surface area contributed by atoms with E-state index in [0.717, 1.165) is 18.8 Å². The minimum Gasteiger partial charge on any atom is -0.349 e. The van der Waals surface area contributed by atoms with Crippen molar-refractivity contribution in [2.24, 2.45) is 17.6 Å². The Morgan fingerprint density at radius 3 is 2.24 bits per heavy atom. The van der Waals surface area contributed by atoms with E-state index in [0.29, 0.717) is 5.92 Å². The molecule has 0 radical (unpaired) electrons. The molecular weight excluding hydrogens is 236 g/mol. The Kier molecular flexibility index (Phi) is 3.69. The number of carbonyl (C=O) groups is 1. The van der Waals surface area contributed by atoms with Gasteiger partial charge < -0.3 is 11.1 Å². The summed E-state index contributed by atoms with van der Waals surface area (Å²) in [4.78, 5) is 12.0. The van der Waals surface area contributed by atoms with Crippen molar-refractivity contribution in [3.05, 3.63) is 0 Å². The van der Waals surface area contributed by atoms with Crippen LogP contribution in [0.1, 0.15) is 51.4 Å². The van der Waals surface area contributed by atoms with Gasteiger partial charge in [0.1, 0.15) is 0 Å². The normalized spacial score (nSPS) is 37.1. The van der Waals surface area contributed by atoms with Crippen molar-refractivity contribution in [2.45, 2.75) is 62.9 Å². The molecule has 0 aromatic rings. The van der Waals surface area contributed by atoms with Crippen molar-refractivity contribution >= 4 is 18.3 Å². The van der Waals surface area contributed by atoms with Gasteiger partial charge in [-0.1, -0.05) is 19.3 Å². The van der Waals surface area contributed by atoms with E-state index in [9.17, 15) is 4.79 Å². The molecule has 0 aromatic carbocycles. The fraction of sp³-hybridized carbons (Fsp3) is 0.923. The first-order valence-corrected chi connectivity index (χ1v) is 6.76. The van der Waals surface area contributed by atoms with Gasteiger partial charge in [-0.2, -0.15) is 0 Å². The zero-order valence-electron chi connectivity index (χ0n) is 10.3. The van der Waals surface area contributed by atoms with Gasteiger partial charge in [0.05, 0.1) is 6.04 Å². The van der Waals surface area contributed by atoms with Crippen molar-refractivity contribution in [3.63, 3.8) is 0 Å². The van der Waals surface area contributed by atoms with Gasteiger partial charge in [0.15, 0.2) is 0 Å². The molecule has 4 heteroatoms. The first-order chi connectivity index (χ1) is 7.69. The van der Waals surface area contributed by atoms with Crippen molar-refractivity contribution < 1.29 is 4.79 Å². The van der Waals surface area contributed by atoms with Crippen LogP contribution in [0.3, 0.4) is 0 Å². The minimum atomic E-state index is -0.255. The number of carbonyl (C=O) groups excluding carboxylic acids is 1. The first-order valence-electron chi connectivity index (χ1n) is 6.76. The van der Waals surface area contributed by atoms with Gasteiger partial charge in [0.2, 0.25) is 5.91 Å². The molecule has 3 nitrogen and oxygen atoms in total. The van der Waals surface area contributed by atoms with Gasteiger partial charge in [-0.25, -0.2) is 0 Å². The van der Waals surface area contributed by atoms with Gasteiger partial charge >= 0.3 is 0 Å². The average molecular weight is 259 g/mol. The standard InChI is InChI=1S/C13H22N2O.ClH/c14-11(10-4-2-1-3-5-10)12(16)15-13-6-9(7-13)8-13;/h9-11H,1-8,14H2,(H,15,16);1H/t9?,11-,13?;/m1./s1. The highest BCUT2D eigenvalue weighted by atomic mass is 35.5. The van der Waals surface area contributed by atoms with Gasteiger partial charge in [0.25, 0.3) is 0 Å². The number of hydrogen-bond acceptors (Lipinski definition) is 2. The van der Waals surface area contributed by atoms with Crippen LogP contribution in [0.2, 0.25) is 0 Å². The zero-order chi connectivity index (χ0) is 11.2. The molecule has 4 saturated carbocycles. The van der Waals surface area contributed by atoms with Crippen LogP contribution in [0, 0.1) is 11.8 Å². The highest BCUT2D eigenvalue weighted by molar-refractivity contribution is 5.85. The average Bonchev–Trinajstić information content (AvgIpc) is 2.21.